The number of hydrogen-bond donors (Lipinski definition) is 1. The van der Waals surface area contributed by atoms with E-state index in [1.54, 1.807) is 0 Å². The molecule has 4 heteroatoms. The molecule has 0 bridgehead atoms. The first-order valence-electron chi connectivity index (χ1n) is 9.09. The molecule has 0 saturated carbocycles. The van der Waals surface area contributed by atoms with Gasteiger partial charge in [-0.25, -0.2) is 4.68 Å². The van der Waals surface area contributed by atoms with E-state index in [4.69, 9.17) is 5.10 Å². The van der Waals surface area contributed by atoms with Gasteiger partial charge in [0.1, 0.15) is 5.82 Å². The maximum atomic E-state index is 12.9. The SMILES string of the molecule is CC[C@H]1C2=C(CC(C)(C)CC2=O)Nc2c1c(C)nn2-c1ccccc1. The Labute approximate surface area is 148 Å². The molecule has 0 unspecified atom stereocenters. The summed E-state index contributed by atoms with van der Waals surface area (Å²) in [6.07, 6.45) is 2.45. The zero-order valence-electron chi connectivity index (χ0n) is 15.4. The van der Waals surface area contributed by atoms with Crippen LogP contribution in [0.1, 0.15) is 57.2 Å². The predicted molar refractivity (Wildman–Crippen MR) is 100 cm³/mol. The van der Waals surface area contributed by atoms with E-state index in [1.165, 1.54) is 5.56 Å². The zero-order chi connectivity index (χ0) is 17.8. The molecule has 1 N–H and O–H groups in total. The number of carbonyl (C=O) groups is 1. The third-order valence-corrected chi connectivity index (χ3v) is 5.40. The van der Waals surface area contributed by atoms with Gasteiger partial charge in [0.05, 0.1) is 11.4 Å². The molecule has 0 radical (unpaired) electrons. The fourth-order valence-electron chi connectivity index (χ4n) is 4.38. The highest BCUT2D eigenvalue weighted by Gasteiger charge is 2.41. The molecule has 4 nitrogen and oxygen atoms in total. The minimum atomic E-state index is 0.00531. The van der Waals surface area contributed by atoms with Crippen LogP contribution in [0.3, 0.4) is 0 Å². The Morgan fingerprint density at radius 3 is 2.64 bits per heavy atom. The first kappa shape index (κ1) is 16.1. The van der Waals surface area contributed by atoms with Crippen LogP contribution in [0.15, 0.2) is 41.6 Å². The number of carbonyl (C=O) groups excluding carboxylic acids is 1. The van der Waals surface area contributed by atoms with Crippen molar-refractivity contribution >= 4 is 11.6 Å². The molecule has 1 aliphatic carbocycles. The van der Waals surface area contributed by atoms with E-state index in [1.807, 2.05) is 29.8 Å². The average Bonchev–Trinajstić information content (AvgIpc) is 2.89. The Morgan fingerprint density at radius 1 is 1.24 bits per heavy atom. The fourth-order valence-corrected chi connectivity index (χ4v) is 4.38. The Bertz CT molecular complexity index is 874. The molecule has 0 amide bonds. The van der Waals surface area contributed by atoms with Gasteiger partial charge in [-0.15, -0.1) is 0 Å². The monoisotopic (exact) mass is 335 g/mol. The maximum Gasteiger partial charge on any atom is 0.161 e. The number of anilines is 1. The number of ketones is 1. The number of benzene rings is 1. The van der Waals surface area contributed by atoms with Crippen LogP contribution in [-0.2, 0) is 4.79 Å². The van der Waals surface area contributed by atoms with Crippen molar-refractivity contribution in [1.82, 2.24) is 9.78 Å². The molecule has 4 rings (SSSR count). The second kappa shape index (κ2) is 5.58. The summed E-state index contributed by atoms with van der Waals surface area (Å²) in [5, 5.41) is 8.39. The summed E-state index contributed by atoms with van der Waals surface area (Å²) in [5.74, 6) is 1.47. The van der Waals surface area contributed by atoms with Gasteiger partial charge in [0.15, 0.2) is 5.78 Å². The smallest absolute Gasteiger partial charge is 0.161 e. The van der Waals surface area contributed by atoms with E-state index in [-0.39, 0.29) is 11.3 Å². The molecule has 2 aliphatic rings. The lowest BCUT2D eigenvalue weighted by molar-refractivity contribution is -0.118. The maximum absolute atomic E-state index is 12.9. The molecule has 2 heterocycles. The number of rotatable bonds is 2. The number of para-hydroxylation sites is 1. The minimum absolute atomic E-state index is 0.00531. The van der Waals surface area contributed by atoms with Crippen molar-refractivity contribution in [2.75, 3.05) is 5.32 Å². The van der Waals surface area contributed by atoms with Gasteiger partial charge < -0.3 is 5.32 Å². The summed E-state index contributed by atoms with van der Waals surface area (Å²) in [7, 11) is 0. The van der Waals surface area contributed by atoms with E-state index in [0.29, 0.717) is 12.2 Å². The van der Waals surface area contributed by atoms with Crippen LogP contribution in [0.2, 0.25) is 0 Å². The lowest BCUT2D eigenvalue weighted by atomic mass is 9.70. The average molecular weight is 335 g/mol. The van der Waals surface area contributed by atoms with Crippen molar-refractivity contribution < 1.29 is 4.79 Å². The molecule has 0 fully saturated rings. The molecule has 0 spiro atoms. The van der Waals surface area contributed by atoms with Gasteiger partial charge in [0.25, 0.3) is 0 Å². The van der Waals surface area contributed by atoms with Gasteiger partial charge in [-0.05, 0) is 37.3 Å². The lowest BCUT2D eigenvalue weighted by Crippen LogP contribution is -2.33. The van der Waals surface area contributed by atoms with Gasteiger partial charge in [0, 0.05) is 29.2 Å². The van der Waals surface area contributed by atoms with Gasteiger partial charge >= 0.3 is 0 Å². The van der Waals surface area contributed by atoms with E-state index in [9.17, 15) is 4.79 Å². The lowest BCUT2D eigenvalue weighted by Gasteiger charge is -2.38. The van der Waals surface area contributed by atoms with Crippen LogP contribution < -0.4 is 5.32 Å². The van der Waals surface area contributed by atoms with Crippen molar-refractivity contribution in [3.8, 4) is 5.69 Å². The quantitative estimate of drug-likeness (QED) is 0.862. The molecule has 0 saturated heterocycles. The first-order chi connectivity index (χ1) is 11.9. The summed E-state index contributed by atoms with van der Waals surface area (Å²) < 4.78 is 1.99. The van der Waals surface area contributed by atoms with Gasteiger partial charge in [-0.1, -0.05) is 39.0 Å². The number of Topliss-reactive ketones (excluding diaryl/α,β-unsaturated/α-hetero) is 1. The van der Waals surface area contributed by atoms with E-state index >= 15 is 0 Å². The van der Waals surface area contributed by atoms with Crippen LogP contribution in [0.5, 0.6) is 0 Å². The predicted octanol–water partition coefficient (Wildman–Crippen LogP) is 4.74. The number of aromatic nitrogens is 2. The first-order valence-corrected chi connectivity index (χ1v) is 9.09. The summed E-state index contributed by atoms with van der Waals surface area (Å²) in [6.45, 7) is 8.56. The van der Waals surface area contributed by atoms with Crippen molar-refractivity contribution in [1.29, 1.82) is 0 Å². The molecular formula is C21H25N3O. The Balaban J connectivity index is 1.89. The molecule has 1 aromatic carbocycles. The number of nitrogens with one attached hydrogen (secondary N) is 1. The minimum Gasteiger partial charge on any atom is -0.343 e. The van der Waals surface area contributed by atoms with Crippen LogP contribution in [0.4, 0.5) is 5.82 Å². The van der Waals surface area contributed by atoms with Crippen LogP contribution in [0.25, 0.3) is 5.69 Å². The van der Waals surface area contributed by atoms with Crippen molar-refractivity contribution in [2.24, 2.45) is 5.41 Å². The van der Waals surface area contributed by atoms with Gasteiger partial charge in [0.2, 0.25) is 0 Å². The summed E-state index contributed by atoms with van der Waals surface area (Å²) in [5.41, 5.74) is 5.31. The molecule has 130 valence electrons. The number of hydrogen-bond acceptors (Lipinski definition) is 3. The standard InChI is InChI=1S/C21H25N3O/c1-5-15-18-13(2)23-24(14-9-7-6-8-10-14)20(18)22-16-11-21(3,4)12-17(25)19(15)16/h6-10,15,22H,5,11-12H2,1-4H3/t15-/m1/s1. The Morgan fingerprint density at radius 2 is 1.96 bits per heavy atom. The topological polar surface area (TPSA) is 46.9 Å². The van der Waals surface area contributed by atoms with Crippen molar-refractivity contribution in [2.45, 2.75) is 52.9 Å². The highest BCUT2D eigenvalue weighted by molar-refractivity contribution is 6.00. The third-order valence-electron chi connectivity index (χ3n) is 5.40. The zero-order valence-corrected chi connectivity index (χ0v) is 15.4. The second-order valence-electron chi connectivity index (χ2n) is 8.01. The van der Waals surface area contributed by atoms with Crippen LogP contribution in [0, 0.1) is 12.3 Å². The number of aryl methyl sites for hydroxylation is 1. The van der Waals surface area contributed by atoms with Gasteiger partial charge in [-0.2, -0.15) is 5.10 Å². The number of nitrogens with zero attached hydrogens (tertiary/aromatic N) is 2. The highest BCUT2D eigenvalue weighted by atomic mass is 16.1. The van der Waals surface area contributed by atoms with E-state index in [2.05, 4.69) is 38.2 Å². The summed E-state index contributed by atoms with van der Waals surface area (Å²) in [4.78, 5) is 12.9. The second-order valence-corrected chi connectivity index (χ2v) is 8.01. The molecule has 25 heavy (non-hydrogen) atoms. The highest BCUT2D eigenvalue weighted by Crippen LogP contribution is 2.48. The Hall–Kier alpha value is -2.36. The van der Waals surface area contributed by atoms with Crippen LogP contribution >= 0.6 is 0 Å². The van der Waals surface area contributed by atoms with E-state index < -0.39 is 0 Å². The normalized spacial score (nSPS) is 21.6. The molecular weight excluding hydrogens is 310 g/mol. The molecule has 1 atom stereocenters. The largest absolute Gasteiger partial charge is 0.343 e. The summed E-state index contributed by atoms with van der Waals surface area (Å²) >= 11 is 0. The number of fused-ring (bicyclic) bond motifs is 1. The summed E-state index contributed by atoms with van der Waals surface area (Å²) in [6, 6.07) is 10.2. The molecule has 1 aromatic heterocycles. The molecule has 1 aliphatic heterocycles. The van der Waals surface area contributed by atoms with Crippen LogP contribution in [-0.4, -0.2) is 15.6 Å². The number of allylic oxidation sites excluding steroid dienone is 2. The van der Waals surface area contributed by atoms with Crippen molar-refractivity contribution in [3.63, 3.8) is 0 Å². The van der Waals surface area contributed by atoms with Gasteiger partial charge in [-0.3, -0.25) is 4.79 Å². The molecule has 2 aromatic rings. The van der Waals surface area contributed by atoms with Crippen molar-refractivity contribution in [3.05, 3.63) is 52.9 Å². The fraction of sp³-hybridized carbons (Fsp3) is 0.429. The Kier molecular flexibility index (Phi) is 3.60. The third kappa shape index (κ3) is 2.51. The van der Waals surface area contributed by atoms with E-state index in [0.717, 1.165) is 41.3 Å².